The van der Waals surface area contributed by atoms with Crippen LogP contribution in [0.1, 0.15) is 24.6 Å². The van der Waals surface area contributed by atoms with Gasteiger partial charge >= 0.3 is 0 Å². The Labute approximate surface area is 168 Å². The summed E-state index contributed by atoms with van der Waals surface area (Å²) in [7, 11) is 0. The number of rotatable bonds is 4. The number of aromatic amines is 1. The third-order valence-corrected chi connectivity index (χ3v) is 5.36. The largest absolute Gasteiger partial charge is 0.342 e. The Kier molecular flexibility index (Phi) is 3.86. The molecule has 2 N–H and O–H groups in total. The van der Waals surface area contributed by atoms with Gasteiger partial charge in [-0.3, -0.25) is 0 Å². The molecule has 0 bridgehead atoms. The summed E-state index contributed by atoms with van der Waals surface area (Å²) in [5.41, 5.74) is 5.66. The normalized spacial score (nSPS) is 14.1. The summed E-state index contributed by atoms with van der Waals surface area (Å²) in [6.07, 6.45) is 6.21. The molecule has 26 heavy (non-hydrogen) atoms. The number of imidazole rings is 2. The van der Waals surface area contributed by atoms with Crippen molar-refractivity contribution in [2.24, 2.45) is 0 Å². The Morgan fingerprint density at radius 2 is 1.88 bits per heavy atom. The number of hydrogen-bond donors (Lipinski definition) is 2. The van der Waals surface area contributed by atoms with Gasteiger partial charge in [-0.05, 0) is 18.4 Å². The molecule has 1 aliphatic carbocycles. The molecule has 0 saturated heterocycles. The smallest absolute Gasteiger partial charge is 0.178 e. The molecule has 3 aromatic heterocycles. The average Bonchev–Trinajstić information content (AvgIpc) is 3.24. The highest BCUT2D eigenvalue weighted by molar-refractivity contribution is 14.1. The molecule has 5 rings (SSSR count). The third kappa shape index (κ3) is 2.75. The number of anilines is 1. The van der Waals surface area contributed by atoms with Crippen LogP contribution in [-0.2, 0) is 0 Å². The number of hydrogen-bond acceptors (Lipinski definition) is 4. The molecular weight excluding hydrogens is 463 g/mol. The van der Waals surface area contributed by atoms with Crippen molar-refractivity contribution in [3.05, 3.63) is 53.7 Å². The zero-order chi connectivity index (χ0) is 17.7. The second-order valence-corrected chi connectivity index (χ2v) is 7.31. The molecule has 1 saturated carbocycles. The van der Waals surface area contributed by atoms with Crippen LogP contribution in [0.3, 0.4) is 0 Å². The molecule has 0 amide bonds. The standard InChI is InChI=1S/C18H14ClIN6/c19-16-7-13(24-20)18-22-9-15(26(18)25-16)11-3-1-10(2-4-11)14-8-21-17(23-14)12-5-6-12/h1-4,7-9,12,24H,5-6H2,(H,21,23). The van der Waals surface area contributed by atoms with E-state index in [2.05, 4.69) is 70.7 Å². The number of fused-ring (bicyclic) bond motifs is 1. The molecule has 0 aliphatic heterocycles. The van der Waals surface area contributed by atoms with Crippen LogP contribution in [-0.4, -0.2) is 24.6 Å². The van der Waals surface area contributed by atoms with Gasteiger partial charge < -0.3 is 8.51 Å². The number of H-pyrrole nitrogens is 1. The second-order valence-electron chi connectivity index (χ2n) is 6.39. The van der Waals surface area contributed by atoms with Gasteiger partial charge in [0.2, 0.25) is 0 Å². The first kappa shape index (κ1) is 16.1. The molecule has 0 unspecified atom stereocenters. The Morgan fingerprint density at radius 1 is 1.12 bits per heavy atom. The fourth-order valence-corrected chi connectivity index (χ4v) is 3.65. The predicted octanol–water partition coefficient (Wildman–Crippen LogP) is 5.08. The molecule has 0 spiro atoms. The molecule has 1 aromatic carbocycles. The Balaban J connectivity index is 1.52. The van der Waals surface area contributed by atoms with Crippen LogP contribution >= 0.6 is 34.5 Å². The SMILES string of the molecule is Clc1cc(NI)c2ncc(-c3ccc(-c4cnc(C5CC5)[nH]4)cc3)n2n1. The molecule has 3 heterocycles. The first-order chi connectivity index (χ1) is 12.7. The molecule has 6 nitrogen and oxygen atoms in total. The summed E-state index contributed by atoms with van der Waals surface area (Å²) in [4.78, 5) is 12.4. The summed E-state index contributed by atoms with van der Waals surface area (Å²) in [5, 5.41) is 4.81. The molecule has 1 fully saturated rings. The number of nitrogens with one attached hydrogen (secondary N) is 2. The van der Waals surface area contributed by atoms with Crippen LogP contribution in [0.5, 0.6) is 0 Å². The molecule has 0 radical (unpaired) electrons. The second kappa shape index (κ2) is 6.24. The van der Waals surface area contributed by atoms with E-state index in [1.807, 2.05) is 12.4 Å². The summed E-state index contributed by atoms with van der Waals surface area (Å²) < 4.78 is 4.84. The van der Waals surface area contributed by atoms with Crippen molar-refractivity contribution >= 4 is 45.8 Å². The van der Waals surface area contributed by atoms with Gasteiger partial charge in [0.15, 0.2) is 10.8 Å². The average molecular weight is 477 g/mol. The van der Waals surface area contributed by atoms with Gasteiger partial charge in [0, 0.05) is 17.5 Å². The van der Waals surface area contributed by atoms with E-state index in [0.29, 0.717) is 11.1 Å². The number of nitrogens with zero attached hydrogens (tertiary/aromatic N) is 4. The van der Waals surface area contributed by atoms with E-state index in [1.54, 1.807) is 10.6 Å². The zero-order valence-electron chi connectivity index (χ0n) is 13.6. The predicted molar refractivity (Wildman–Crippen MR) is 111 cm³/mol. The lowest BCUT2D eigenvalue weighted by molar-refractivity contribution is 0.946. The van der Waals surface area contributed by atoms with Crippen LogP contribution in [0, 0.1) is 0 Å². The van der Waals surface area contributed by atoms with Crippen molar-refractivity contribution in [1.29, 1.82) is 0 Å². The first-order valence-corrected chi connectivity index (χ1v) is 9.75. The van der Waals surface area contributed by atoms with E-state index in [9.17, 15) is 0 Å². The van der Waals surface area contributed by atoms with Crippen LogP contribution in [0.2, 0.25) is 5.15 Å². The maximum absolute atomic E-state index is 6.14. The van der Waals surface area contributed by atoms with Crippen LogP contribution in [0.25, 0.3) is 28.2 Å². The lowest BCUT2D eigenvalue weighted by atomic mass is 10.1. The topological polar surface area (TPSA) is 70.9 Å². The van der Waals surface area contributed by atoms with Crippen molar-refractivity contribution < 1.29 is 0 Å². The maximum atomic E-state index is 6.14. The van der Waals surface area contributed by atoms with E-state index < -0.39 is 0 Å². The Morgan fingerprint density at radius 3 is 2.62 bits per heavy atom. The van der Waals surface area contributed by atoms with Crippen molar-refractivity contribution in [2.45, 2.75) is 18.8 Å². The van der Waals surface area contributed by atoms with Gasteiger partial charge in [0.25, 0.3) is 0 Å². The van der Waals surface area contributed by atoms with Crippen LogP contribution < -0.4 is 3.53 Å². The van der Waals surface area contributed by atoms with Gasteiger partial charge in [-0.15, -0.1) is 0 Å². The van der Waals surface area contributed by atoms with Crippen molar-refractivity contribution in [3.8, 4) is 22.5 Å². The fraction of sp³-hybridized carbons (Fsp3) is 0.167. The highest BCUT2D eigenvalue weighted by Crippen LogP contribution is 2.39. The van der Waals surface area contributed by atoms with Crippen molar-refractivity contribution in [3.63, 3.8) is 0 Å². The van der Waals surface area contributed by atoms with Gasteiger partial charge in [-0.2, -0.15) is 5.10 Å². The van der Waals surface area contributed by atoms with E-state index in [1.165, 1.54) is 12.8 Å². The molecule has 8 heteroatoms. The number of halogens is 2. The quantitative estimate of drug-likeness (QED) is 0.318. The van der Waals surface area contributed by atoms with E-state index >= 15 is 0 Å². The monoisotopic (exact) mass is 476 g/mol. The van der Waals surface area contributed by atoms with E-state index in [0.717, 1.165) is 39.7 Å². The minimum Gasteiger partial charge on any atom is -0.342 e. The Hall–Kier alpha value is -2.13. The first-order valence-electron chi connectivity index (χ1n) is 8.29. The highest BCUT2D eigenvalue weighted by atomic mass is 127. The summed E-state index contributed by atoms with van der Waals surface area (Å²) >= 11 is 8.21. The van der Waals surface area contributed by atoms with Gasteiger partial charge in [0.1, 0.15) is 5.82 Å². The van der Waals surface area contributed by atoms with Crippen LogP contribution in [0.15, 0.2) is 42.7 Å². The van der Waals surface area contributed by atoms with Crippen LogP contribution in [0.4, 0.5) is 5.69 Å². The molecule has 4 aromatic rings. The summed E-state index contributed by atoms with van der Waals surface area (Å²) in [5.74, 6) is 1.72. The highest BCUT2D eigenvalue weighted by Gasteiger charge is 2.26. The molecular formula is C18H14ClIN6. The Bertz CT molecular complexity index is 1100. The molecule has 0 atom stereocenters. The summed E-state index contributed by atoms with van der Waals surface area (Å²) in [6, 6.07) is 10.1. The summed E-state index contributed by atoms with van der Waals surface area (Å²) in [6.45, 7) is 0. The number of aromatic nitrogens is 5. The lowest BCUT2D eigenvalue weighted by Crippen LogP contribution is -1.97. The minimum atomic E-state index is 0.414. The van der Waals surface area contributed by atoms with Crippen molar-refractivity contribution in [1.82, 2.24) is 24.6 Å². The van der Waals surface area contributed by atoms with E-state index in [-0.39, 0.29) is 0 Å². The number of benzene rings is 1. The maximum Gasteiger partial charge on any atom is 0.178 e. The van der Waals surface area contributed by atoms with Gasteiger partial charge in [0.05, 0.1) is 52.3 Å². The van der Waals surface area contributed by atoms with Crippen molar-refractivity contribution in [2.75, 3.05) is 3.53 Å². The van der Waals surface area contributed by atoms with Gasteiger partial charge in [-0.25, -0.2) is 14.5 Å². The fourth-order valence-electron chi connectivity index (χ4n) is 3.07. The zero-order valence-corrected chi connectivity index (χ0v) is 16.5. The van der Waals surface area contributed by atoms with Gasteiger partial charge in [-0.1, -0.05) is 35.9 Å². The lowest BCUT2D eigenvalue weighted by Gasteiger charge is -2.05. The third-order valence-electron chi connectivity index (χ3n) is 4.59. The molecule has 1 aliphatic rings. The van der Waals surface area contributed by atoms with E-state index in [4.69, 9.17) is 11.6 Å². The minimum absolute atomic E-state index is 0.414. The molecule has 130 valence electrons.